The van der Waals surface area contributed by atoms with Gasteiger partial charge in [0.2, 0.25) is 0 Å². The van der Waals surface area contributed by atoms with Gasteiger partial charge in [-0.2, -0.15) is 0 Å². The van der Waals surface area contributed by atoms with Gasteiger partial charge in [0.1, 0.15) is 5.69 Å². The number of aromatic nitrogens is 1. The number of ether oxygens (including phenoxy) is 1. The smallest absolute Gasteiger partial charge is 0.155 e. The van der Waals surface area contributed by atoms with Crippen LogP contribution < -0.4 is 11.1 Å². The lowest BCUT2D eigenvalue weighted by Gasteiger charge is -2.14. The predicted molar refractivity (Wildman–Crippen MR) is 120 cm³/mol. The fraction of sp³-hybridized carbons (Fsp3) is 0.391. The van der Waals surface area contributed by atoms with Gasteiger partial charge in [-0.1, -0.05) is 49.3 Å². The Bertz CT molecular complexity index is 880. The molecule has 1 heterocycles. The van der Waals surface area contributed by atoms with E-state index in [1.54, 1.807) is 7.11 Å². The number of pyridine rings is 1. The maximum absolute atomic E-state index is 6.50. The zero-order valence-corrected chi connectivity index (χ0v) is 16.8. The minimum Gasteiger partial charge on any atom is -0.396 e. The lowest BCUT2D eigenvalue weighted by atomic mass is 10.1. The second-order valence-electron chi connectivity index (χ2n) is 7.14. The average Bonchev–Trinajstić information content (AvgIpc) is 3.24. The average molecular weight is 379 g/mol. The van der Waals surface area contributed by atoms with E-state index in [9.17, 15) is 0 Å². The third-order valence-corrected chi connectivity index (χ3v) is 5.15. The number of nitrogens with one attached hydrogen (secondary N) is 1. The largest absolute Gasteiger partial charge is 0.396 e. The molecule has 1 aliphatic rings. The fourth-order valence-corrected chi connectivity index (χ4v) is 3.51. The van der Waals surface area contributed by atoms with Crippen molar-refractivity contribution in [1.82, 2.24) is 4.98 Å². The maximum atomic E-state index is 6.50. The van der Waals surface area contributed by atoms with Crippen LogP contribution >= 0.6 is 0 Å². The molecule has 0 unspecified atom stereocenters. The second kappa shape index (κ2) is 10.0. The highest BCUT2D eigenvalue weighted by molar-refractivity contribution is 6.00. The van der Waals surface area contributed by atoms with E-state index >= 15 is 0 Å². The summed E-state index contributed by atoms with van der Waals surface area (Å²) < 4.78 is 5.08. The normalized spacial score (nSPS) is 16.0. The summed E-state index contributed by atoms with van der Waals surface area (Å²) in [5.74, 6) is 1.27. The van der Waals surface area contributed by atoms with Gasteiger partial charge in [0.25, 0.3) is 0 Å². The van der Waals surface area contributed by atoms with Crippen LogP contribution in [0.4, 0.5) is 17.2 Å². The number of aliphatic imine (C=N–C) groups is 1. The molecule has 1 fully saturated rings. The molecule has 2 aromatic rings. The lowest BCUT2D eigenvalue weighted by Crippen LogP contribution is -2.07. The number of fused-ring (bicyclic) bond motifs is 1. The molecule has 1 saturated carbocycles. The van der Waals surface area contributed by atoms with Gasteiger partial charge in [-0.05, 0) is 37.3 Å². The fourth-order valence-electron chi connectivity index (χ4n) is 3.51. The molecule has 0 atom stereocenters. The third-order valence-electron chi connectivity index (χ3n) is 5.15. The predicted octanol–water partition coefficient (Wildman–Crippen LogP) is 5.27. The number of anilines is 2. The van der Waals surface area contributed by atoms with Gasteiger partial charge in [-0.3, -0.25) is 4.99 Å². The summed E-state index contributed by atoms with van der Waals surface area (Å²) in [4.78, 5) is 9.59. The monoisotopic (exact) mass is 378 g/mol. The van der Waals surface area contributed by atoms with Crippen molar-refractivity contribution >= 4 is 34.3 Å². The summed E-state index contributed by atoms with van der Waals surface area (Å²) >= 11 is 0. The van der Waals surface area contributed by atoms with Crippen LogP contribution in [0.15, 0.2) is 53.1 Å². The summed E-state index contributed by atoms with van der Waals surface area (Å²) in [6, 6.07) is 7.94. The third kappa shape index (κ3) is 4.98. The lowest BCUT2D eigenvalue weighted by molar-refractivity contribution is 0.234. The number of benzene rings is 1. The Hall–Kier alpha value is -2.66. The van der Waals surface area contributed by atoms with E-state index < -0.39 is 0 Å². The van der Waals surface area contributed by atoms with Gasteiger partial charge >= 0.3 is 0 Å². The van der Waals surface area contributed by atoms with Crippen LogP contribution in [-0.4, -0.2) is 31.5 Å². The topological polar surface area (TPSA) is 72.5 Å². The van der Waals surface area contributed by atoms with E-state index in [1.807, 2.05) is 37.3 Å². The van der Waals surface area contributed by atoms with E-state index in [0.717, 1.165) is 28.0 Å². The van der Waals surface area contributed by atoms with Crippen LogP contribution in [0.25, 0.3) is 10.9 Å². The number of nitrogen functional groups attached to an aromatic ring is 1. The van der Waals surface area contributed by atoms with E-state index in [2.05, 4.69) is 23.7 Å². The molecule has 0 saturated heterocycles. The molecule has 0 aliphatic heterocycles. The highest BCUT2D eigenvalue weighted by Gasteiger charge is 2.15. The molecule has 0 radical (unpaired) electrons. The molecule has 5 nitrogen and oxygen atoms in total. The van der Waals surface area contributed by atoms with Crippen LogP contribution in [0, 0.1) is 5.92 Å². The minimum absolute atomic E-state index is 0.543. The van der Waals surface area contributed by atoms with Crippen molar-refractivity contribution in [3.8, 4) is 0 Å². The van der Waals surface area contributed by atoms with Crippen LogP contribution in [0.1, 0.15) is 32.6 Å². The van der Waals surface area contributed by atoms with Crippen molar-refractivity contribution in [2.24, 2.45) is 10.9 Å². The summed E-state index contributed by atoms with van der Waals surface area (Å²) in [6.45, 7) is 3.26. The Labute approximate surface area is 167 Å². The molecule has 5 heteroatoms. The molecule has 0 bridgehead atoms. The number of hydrogen-bond donors (Lipinski definition) is 2. The number of rotatable bonds is 8. The first kappa shape index (κ1) is 20.1. The van der Waals surface area contributed by atoms with Crippen LogP contribution in [0.5, 0.6) is 0 Å². The molecule has 0 spiro atoms. The van der Waals surface area contributed by atoms with Crippen molar-refractivity contribution in [3.05, 3.63) is 48.1 Å². The molecule has 0 amide bonds. The Morgan fingerprint density at radius 1 is 1.32 bits per heavy atom. The molecule has 3 rings (SSSR count). The first-order valence-corrected chi connectivity index (χ1v) is 10.00. The summed E-state index contributed by atoms with van der Waals surface area (Å²) in [6.07, 6.45) is 13.2. The number of methoxy groups -OCH3 is 1. The molecule has 1 aromatic heterocycles. The number of nitrogens with zero attached hydrogens (tertiary/aromatic N) is 2. The molecular weight excluding hydrogens is 348 g/mol. The van der Waals surface area contributed by atoms with Gasteiger partial charge < -0.3 is 15.8 Å². The number of nitrogens with two attached hydrogens (primary N) is 1. The SMILES string of the molecule is C/C=C(\C=C/COC)CNc1nc2ccccc2c(N)c1N=CC1CCCC1. The number of allylic oxidation sites excluding steroid dienone is 1. The van der Waals surface area contributed by atoms with Gasteiger partial charge in [0.15, 0.2) is 5.82 Å². The standard InChI is InChI=1S/C23H30N4O/c1-3-17(11-8-14-28-2)15-26-23-22(25-16-18-9-4-5-10-18)21(24)19-12-6-7-13-20(19)27-23/h3,6-8,11-13,16,18H,4-5,9-10,14-15H2,1-2H3,(H3,24,26,27)/b11-8-,17-3+,25-16?. The first-order chi connectivity index (χ1) is 13.7. The van der Waals surface area contributed by atoms with Crippen molar-refractivity contribution in [2.45, 2.75) is 32.6 Å². The van der Waals surface area contributed by atoms with Gasteiger partial charge in [-0.25, -0.2) is 4.98 Å². The second-order valence-corrected chi connectivity index (χ2v) is 7.14. The summed E-state index contributed by atoms with van der Waals surface area (Å²) in [5, 5.41) is 4.38. The molecule has 28 heavy (non-hydrogen) atoms. The Morgan fingerprint density at radius 2 is 2.11 bits per heavy atom. The molecule has 3 N–H and O–H groups in total. The zero-order chi connectivity index (χ0) is 19.8. The highest BCUT2D eigenvalue weighted by Crippen LogP contribution is 2.36. The van der Waals surface area contributed by atoms with E-state index in [-0.39, 0.29) is 0 Å². The van der Waals surface area contributed by atoms with Crippen molar-refractivity contribution in [1.29, 1.82) is 0 Å². The Balaban J connectivity index is 1.89. The van der Waals surface area contributed by atoms with E-state index in [0.29, 0.717) is 24.8 Å². The highest BCUT2D eigenvalue weighted by atomic mass is 16.5. The number of hydrogen-bond acceptors (Lipinski definition) is 5. The molecule has 148 valence electrons. The first-order valence-electron chi connectivity index (χ1n) is 10.00. The Morgan fingerprint density at radius 3 is 2.86 bits per heavy atom. The summed E-state index contributed by atoms with van der Waals surface area (Å²) in [5.41, 5.74) is 9.94. The van der Waals surface area contributed by atoms with E-state index in [4.69, 9.17) is 20.4 Å². The summed E-state index contributed by atoms with van der Waals surface area (Å²) in [7, 11) is 1.69. The Kier molecular flexibility index (Phi) is 7.20. The van der Waals surface area contributed by atoms with Gasteiger partial charge in [-0.15, -0.1) is 0 Å². The van der Waals surface area contributed by atoms with Crippen molar-refractivity contribution in [3.63, 3.8) is 0 Å². The van der Waals surface area contributed by atoms with Crippen LogP contribution in [-0.2, 0) is 4.74 Å². The quantitative estimate of drug-likeness (QED) is 0.485. The molecule has 1 aliphatic carbocycles. The van der Waals surface area contributed by atoms with E-state index in [1.165, 1.54) is 25.7 Å². The maximum Gasteiger partial charge on any atom is 0.155 e. The van der Waals surface area contributed by atoms with Gasteiger partial charge in [0, 0.05) is 25.3 Å². The number of para-hydroxylation sites is 1. The van der Waals surface area contributed by atoms with Crippen LogP contribution in [0.3, 0.4) is 0 Å². The molecular formula is C23H30N4O. The molecule has 1 aromatic carbocycles. The van der Waals surface area contributed by atoms with Crippen molar-refractivity contribution < 1.29 is 4.74 Å². The van der Waals surface area contributed by atoms with Gasteiger partial charge in [0.05, 0.1) is 17.8 Å². The zero-order valence-electron chi connectivity index (χ0n) is 16.8. The minimum atomic E-state index is 0.543. The van der Waals surface area contributed by atoms with Crippen molar-refractivity contribution in [2.75, 3.05) is 31.3 Å². The van der Waals surface area contributed by atoms with Crippen LogP contribution in [0.2, 0.25) is 0 Å².